The van der Waals surface area contributed by atoms with Crippen molar-refractivity contribution in [3.05, 3.63) is 70.3 Å². The fourth-order valence-corrected chi connectivity index (χ4v) is 9.44. The summed E-state index contributed by atoms with van der Waals surface area (Å²) in [5.74, 6) is -1.05. The maximum Gasteiger partial charge on any atom is 0.332 e. The molecule has 1 saturated carbocycles. The summed E-state index contributed by atoms with van der Waals surface area (Å²) in [6.07, 6.45) is 7.88. The van der Waals surface area contributed by atoms with Crippen LogP contribution in [0.15, 0.2) is 48.6 Å². The highest BCUT2D eigenvalue weighted by Crippen LogP contribution is 2.47. The number of sulfonamides is 1. The third-order valence-corrected chi connectivity index (χ3v) is 12.6. The van der Waals surface area contributed by atoms with Crippen LogP contribution < -0.4 is 14.4 Å². The van der Waals surface area contributed by atoms with Crippen molar-refractivity contribution >= 4 is 45.2 Å². The van der Waals surface area contributed by atoms with Gasteiger partial charge in [0.05, 0.1) is 43.8 Å². The number of carbonyl (C=O) groups is 3. The molecule has 4 aliphatic rings. The van der Waals surface area contributed by atoms with Crippen molar-refractivity contribution in [2.24, 2.45) is 11.8 Å². The standard InChI is InChI=1S/C37H45ClN2O9S/c1-3-47-35(42)21-48-32-9-5-4-8-28(19-34(41)46-2)50(44,45)39-36(43)25-11-15-33-31(18-25)40(20-26-10-13-29(26)32)22-37(23-49-33)16-6-7-24-17-27(38)12-14-30(24)37/h5,9,11-12,14-15,17-18,26,28-29,32H,3-4,6-8,10,13,16,19-23H2,1-2H3,(H,39,43)/b9-5+/t26-,28+,29+,32-,37-/m0/s1. The first-order chi connectivity index (χ1) is 24.0. The van der Waals surface area contributed by atoms with E-state index in [4.69, 9.17) is 30.5 Å². The normalized spacial score (nSPS) is 28.1. The molecule has 11 nitrogen and oxygen atoms in total. The van der Waals surface area contributed by atoms with E-state index in [-0.39, 0.29) is 42.4 Å². The second kappa shape index (κ2) is 15.3. The first-order valence-electron chi connectivity index (χ1n) is 17.4. The number of methoxy groups -OCH3 is 1. The van der Waals surface area contributed by atoms with Crippen LogP contribution in [0, 0.1) is 11.8 Å². The van der Waals surface area contributed by atoms with Gasteiger partial charge in [-0.25, -0.2) is 17.9 Å². The van der Waals surface area contributed by atoms with Gasteiger partial charge in [-0.15, -0.1) is 0 Å². The van der Waals surface area contributed by atoms with Crippen LogP contribution in [-0.4, -0.2) is 77.6 Å². The lowest BCUT2D eigenvalue weighted by Gasteiger charge is -2.46. The van der Waals surface area contributed by atoms with E-state index in [0.717, 1.165) is 32.1 Å². The van der Waals surface area contributed by atoms with Crippen molar-refractivity contribution in [2.45, 2.75) is 75.1 Å². The maximum absolute atomic E-state index is 13.6. The first-order valence-corrected chi connectivity index (χ1v) is 19.3. The summed E-state index contributed by atoms with van der Waals surface area (Å²) < 4.78 is 52.0. The number of carbonyl (C=O) groups excluding carboxylic acids is 3. The van der Waals surface area contributed by atoms with E-state index in [1.165, 1.54) is 18.2 Å². The summed E-state index contributed by atoms with van der Waals surface area (Å²) >= 11 is 6.42. The van der Waals surface area contributed by atoms with Crippen LogP contribution in [0.5, 0.6) is 5.75 Å². The highest BCUT2D eigenvalue weighted by molar-refractivity contribution is 7.90. The van der Waals surface area contributed by atoms with Crippen molar-refractivity contribution < 1.29 is 41.7 Å². The molecule has 270 valence electrons. The first kappa shape index (κ1) is 36.2. The summed E-state index contributed by atoms with van der Waals surface area (Å²) in [5, 5.41) is -0.519. The zero-order valence-electron chi connectivity index (χ0n) is 28.5. The van der Waals surface area contributed by atoms with Crippen LogP contribution in [0.25, 0.3) is 0 Å². The quantitative estimate of drug-likeness (QED) is 0.315. The zero-order chi connectivity index (χ0) is 35.5. The summed E-state index contributed by atoms with van der Waals surface area (Å²) in [4.78, 5) is 40.4. The summed E-state index contributed by atoms with van der Waals surface area (Å²) in [6.45, 7) is 3.48. The van der Waals surface area contributed by atoms with Gasteiger partial charge in [0.2, 0.25) is 10.0 Å². The molecule has 6 rings (SSSR count). The van der Waals surface area contributed by atoms with Gasteiger partial charge in [0.1, 0.15) is 12.4 Å². The molecule has 0 aromatic heterocycles. The molecule has 13 heteroatoms. The molecule has 1 spiro atoms. The zero-order valence-corrected chi connectivity index (χ0v) is 30.1. The predicted molar refractivity (Wildman–Crippen MR) is 188 cm³/mol. The minimum atomic E-state index is -4.29. The lowest BCUT2D eigenvalue weighted by molar-refractivity contribution is -0.151. The van der Waals surface area contributed by atoms with Crippen LogP contribution in [0.2, 0.25) is 5.02 Å². The number of amides is 1. The Kier molecular flexibility index (Phi) is 11.1. The van der Waals surface area contributed by atoms with Crippen LogP contribution in [0.1, 0.15) is 73.4 Å². The number of halogens is 1. The molecular weight excluding hydrogens is 684 g/mol. The highest BCUT2D eigenvalue weighted by Gasteiger charge is 2.45. The minimum Gasteiger partial charge on any atom is -0.490 e. The minimum absolute atomic E-state index is 0.0630. The van der Waals surface area contributed by atoms with Gasteiger partial charge in [0, 0.05) is 29.1 Å². The Balaban J connectivity index is 1.40. The lowest BCUT2D eigenvalue weighted by Crippen LogP contribution is -2.49. The Morgan fingerprint density at radius 2 is 1.96 bits per heavy atom. The van der Waals surface area contributed by atoms with Gasteiger partial charge in [-0.1, -0.05) is 29.8 Å². The monoisotopic (exact) mass is 728 g/mol. The molecule has 2 aromatic rings. The average Bonchev–Trinajstić information content (AvgIpc) is 3.22. The number of hydrogen-bond acceptors (Lipinski definition) is 10. The molecule has 50 heavy (non-hydrogen) atoms. The molecular formula is C37H45ClN2O9S. The molecule has 2 aliphatic heterocycles. The van der Waals surface area contributed by atoms with E-state index < -0.39 is 45.6 Å². The number of aryl methyl sites for hydroxylation is 1. The number of hydrogen-bond donors (Lipinski definition) is 1. The Hall–Kier alpha value is -3.61. The molecule has 0 unspecified atom stereocenters. The Morgan fingerprint density at radius 1 is 1.12 bits per heavy atom. The molecule has 2 aromatic carbocycles. The van der Waals surface area contributed by atoms with Gasteiger partial charge in [-0.2, -0.15) is 0 Å². The van der Waals surface area contributed by atoms with E-state index in [9.17, 15) is 22.8 Å². The van der Waals surface area contributed by atoms with Gasteiger partial charge < -0.3 is 23.8 Å². The van der Waals surface area contributed by atoms with Crippen molar-refractivity contribution in [3.8, 4) is 5.75 Å². The average molecular weight is 729 g/mol. The number of ether oxygens (including phenoxy) is 4. The van der Waals surface area contributed by atoms with E-state index in [2.05, 4.69) is 15.7 Å². The van der Waals surface area contributed by atoms with Gasteiger partial charge in [0.25, 0.3) is 5.91 Å². The van der Waals surface area contributed by atoms with Crippen molar-refractivity contribution in [2.75, 3.05) is 44.9 Å². The van der Waals surface area contributed by atoms with E-state index >= 15 is 0 Å². The molecule has 1 fully saturated rings. The number of anilines is 1. The van der Waals surface area contributed by atoms with Crippen molar-refractivity contribution in [1.29, 1.82) is 0 Å². The van der Waals surface area contributed by atoms with Crippen LogP contribution >= 0.6 is 11.6 Å². The Labute approximate surface area is 298 Å². The second-order valence-electron chi connectivity index (χ2n) is 13.8. The van der Waals surface area contributed by atoms with Crippen molar-refractivity contribution in [3.63, 3.8) is 0 Å². The third kappa shape index (κ3) is 7.82. The molecule has 0 radical (unpaired) electrons. The second-order valence-corrected chi connectivity index (χ2v) is 16.2. The SMILES string of the molecule is CCOC(=O)CO[C@H]1/C=C/CC[C@H](CC(=O)OC)S(=O)(=O)NC(=O)c2ccc3c(c2)N(C[C@@H]2CC[C@H]21)C[C@@]1(CCCc2cc(Cl)ccc21)CO3. The topological polar surface area (TPSA) is 138 Å². The van der Waals surface area contributed by atoms with E-state index in [1.807, 2.05) is 24.3 Å². The fourth-order valence-electron chi connectivity index (χ4n) is 7.90. The van der Waals surface area contributed by atoms with E-state index in [1.54, 1.807) is 25.1 Å². The van der Waals surface area contributed by atoms with Gasteiger partial charge in [-0.3, -0.25) is 9.59 Å². The van der Waals surface area contributed by atoms with Crippen LogP contribution in [-0.2, 0) is 45.7 Å². The summed E-state index contributed by atoms with van der Waals surface area (Å²) in [5.41, 5.74) is 2.94. The predicted octanol–water partition coefficient (Wildman–Crippen LogP) is 5.13. The van der Waals surface area contributed by atoms with Crippen LogP contribution in [0.3, 0.4) is 0 Å². The highest BCUT2D eigenvalue weighted by atomic mass is 35.5. The maximum atomic E-state index is 13.6. The smallest absolute Gasteiger partial charge is 0.332 e. The molecule has 0 saturated heterocycles. The van der Waals surface area contributed by atoms with Gasteiger partial charge in [0.15, 0.2) is 0 Å². The number of nitrogens with one attached hydrogen (secondary N) is 1. The Bertz CT molecular complexity index is 1750. The summed E-state index contributed by atoms with van der Waals surface area (Å²) in [6, 6.07) is 11.1. The number of benzene rings is 2. The van der Waals surface area contributed by atoms with E-state index in [0.29, 0.717) is 42.6 Å². The number of fused-ring (bicyclic) bond motifs is 4. The molecule has 2 bridgehead atoms. The van der Waals surface area contributed by atoms with Gasteiger partial charge >= 0.3 is 11.9 Å². The van der Waals surface area contributed by atoms with Gasteiger partial charge in [-0.05, 0) is 105 Å². The molecule has 5 atom stereocenters. The Morgan fingerprint density at radius 3 is 2.72 bits per heavy atom. The fraction of sp³-hybridized carbons (Fsp3) is 0.541. The summed E-state index contributed by atoms with van der Waals surface area (Å²) in [7, 11) is -3.09. The molecule has 2 aliphatic carbocycles. The number of rotatable bonds is 6. The number of esters is 2. The largest absolute Gasteiger partial charge is 0.490 e. The number of allylic oxidation sites excluding steroid dienone is 1. The lowest BCUT2D eigenvalue weighted by atomic mass is 9.68. The molecule has 2 heterocycles. The number of nitrogens with zero attached hydrogens (tertiary/aromatic N) is 1. The van der Waals surface area contributed by atoms with Crippen molar-refractivity contribution in [1.82, 2.24) is 4.72 Å². The molecule has 1 amide bonds. The third-order valence-electron chi connectivity index (χ3n) is 10.6. The van der Waals surface area contributed by atoms with Crippen LogP contribution in [0.4, 0.5) is 5.69 Å². The molecule has 1 N–H and O–H groups in total.